The van der Waals surface area contributed by atoms with Crippen molar-refractivity contribution in [1.29, 1.82) is 0 Å². The second kappa shape index (κ2) is 10.8. The van der Waals surface area contributed by atoms with Crippen LogP contribution in [-0.4, -0.2) is 18.0 Å². The van der Waals surface area contributed by atoms with E-state index in [0.29, 0.717) is 23.1 Å². The first kappa shape index (κ1) is 24.4. The summed E-state index contributed by atoms with van der Waals surface area (Å²) in [7, 11) is 0. The summed E-state index contributed by atoms with van der Waals surface area (Å²) in [5, 5.41) is 0.385. The summed E-state index contributed by atoms with van der Waals surface area (Å²) in [6.45, 7) is 22.2. The molecule has 0 spiro atoms. The van der Waals surface area contributed by atoms with E-state index in [4.69, 9.17) is 16.3 Å². The Hall–Kier alpha value is -1.64. The molecule has 2 nitrogen and oxygen atoms in total. The summed E-state index contributed by atoms with van der Waals surface area (Å²) >= 11 is 5.97. The van der Waals surface area contributed by atoms with Gasteiger partial charge in [0.2, 0.25) is 0 Å². The van der Waals surface area contributed by atoms with E-state index in [1.165, 1.54) is 5.57 Å². The Morgan fingerprint density at radius 3 is 2.54 bits per heavy atom. The Labute approximate surface area is 176 Å². The lowest BCUT2D eigenvalue weighted by Crippen LogP contribution is -2.25. The number of ketones is 1. The maximum absolute atomic E-state index is 12.1. The van der Waals surface area contributed by atoms with Crippen molar-refractivity contribution in [3.8, 4) is 0 Å². The second-order valence-electron chi connectivity index (χ2n) is 7.97. The fraction of sp³-hybridized carbons (Fsp3) is 0.480. The molecule has 154 valence electrons. The van der Waals surface area contributed by atoms with Crippen molar-refractivity contribution < 1.29 is 9.53 Å². The minimum absolute atomic E-state index is 0.0716. The van der Waals surface area contributed by atoms with Gasteiger partial charge in [0.05, 0.1) is 12.2 Å². The molecule has 0 N–H and O–H groups in total. The number of allylic oxidation sites excluding steroid dienone is 7. The van der Waals surface area contributed by atoms with Crippen LogP contribution >= 0.6 is 11.6 Å². The highest BCUT2D eigenvalue weighted by atomic mass is 35.5. The number of Topliss-reactive ketones (excluding diaryl/α,β-unsaturated/α-hetero) is 1. The molecule has 0 radical (unpaired) electrons. The summed E-state index contributed by atoms with van der Waals surface area (Å²) in [5.74, 6) is 0.448. The standard InChI is InChI=1S/C25H35ClO2/c1-9-10-13-24-18(3)16-28-25(24,8)14-11-12-17(2)15-23(22(7)27)20(5)19(4)21(6)26/h9-10,13,17H,3-4,6,11-12,14-16H2,1-2,5,7-8H3/b10-9-,23-20+,24-13+. The predicted octanol–water partition coefficient (Wildman–Crippen LogP) is 7.24. The molecule has 0 aromatic rings. The minimum Gasteiger partial charge on any atom is -0.366 e. The van der Waals surface area contributed by atoms with Crippen molar-refractivity contribution in [1.82, 2.24) is 0 Å². The minimum atomic E-state index is -0.282. The summed E-state index contributed by atoms with van der Waals surface area (Å²) in [4.78, 5) is 12.1. The number of hydrogen-bond donors (Lipinski definition) is 0. The van der Waals surface area contributed by atoms with Crippen LogP contribution in [0.4, 0.5) is 0 Å². The highest BCUT2D eigenvalue weighted by molar-refractivity contribution is 6.32. The van der Waals surface area contributed by atoms with Gasteiger partial charge in [0, 0.05) is 5.03 Å². The first-order valence-corrected chi connectivity index (χ1v) is 10.3. The monoisotopic (exact) mass is 402 g/mol. The van der Waals surface area contributed by atoms with Crippen molar-refractivity contribution >= 4 is 17.4 Å². The lowest BCUT2D eigenvalue weighted by molar-refractivity contribution is -0.113. The molecule has 0 saturated carbocycles. The second-order valence-corrected chi connectivity index (χ2v) is 8.43. The molecule has 0 aromatic carbocycles. The highest BCUT2D eigenvalue weighted by Crippen LogP contribution is 2.39. The molecule has 0 amide bonds. The van der Waals surface area contributed by atoms with E-state index in [2.05, 4.69) is 39.7 Å². The SMILES string of the molecule is C=C(Cl)C(=C)/C(C)=C(\CC(C)CCCC1(C)OCC(=C)/C1=C\C=C/C)C(C)=O. The van der Waals surface area contributed by atoms with Crippen LogP contribution < -0.4 is 0 Å². The molecule has 1 aliphatic rings. The van der Waals surface area contributed by atoms with Crippen LogP contribution in [0.1, 0.15) is 60.3 Å². The molecule has 1 aliphatic heterocycles. The average Bonchev–Trinajstić information content (AvgIpc) is 2.90. The van der Waals surface area contributed by atoms with Crippen LogP contribution in [0.15, 0.2) is 70.9 Å². The third kappa shape index (κ3) is 6.46. The molecule has 2 atom stereocenters. The molecular weight excluding hydrogens is 368 g/mol. The Kier molecular flexibility index (Phi) is 9.39. The predicted molar refractivity (Wildman–Crippen MR) is 122 cm³/mol. The fourth-order valence-corrected chi connectivity index (χ4v) is 3.80. The number of halogens is 1. The van der Waals surface area contributed by atoms with Gasteiger partial charge in [-0.1, -0.05) is 62.9 Å². The number of ether oxygens (including phenoxy) is 1. The van der Waals surface area contributed by atoms with Gasteiger partial charge in [-0.25, -0.2) is 0 Å². The van der Waals surface area contributed by atoms with Gasteiger partial charge < -0.3 is 4.74 Å². The molecule has 3 heteroatoms. The number of carbonyl (C=O) groups excluding carboxylic acids is 1. The lowest BCUT2D eigenvalue weighted by Gasteiger charge is -2.26. The summed E-state index contributed by atoms with van der Waals surface area (Å²) in [5.41, 5.74) is 4.25. The third-order valence-corrected chi connectivity index (χ3v) is 5.76. The fourth-order valence-electron chi connectivity index (χ4n) is 3.65. The molecule has 1 fully saturated rings. The van der Waals surface area contributed by atoms with Crippen LogP contribution in [0.5, 0.6) is 0 Å². The van der Waals surface area contributed by atoms with Gasteiger partial charge in [0.25, 0.3) is 0 Å². The lowest BCUT2D eigenvalue weighted by atomic mass is 9.85. The smallest absolute Gasteiger partial charge is 0.156 e. The van der Waals surface area contributed by atoms with Crippen molar-refractivity contribution in [3.63, 3.8) is 0 Å². The normalized spacial score (nSPS) is 23.2. The van der Waals surface area contributed by atoms with Gasteiger partial charge >= 0.3 is 0 Å². The van der Waals surface area contributed by atoms with E-state index in [-0.39, 0.29) is 11.4 Å². The molecule has 0 bridgehead atoms. The van der Waals surface area contributed by atoms with Gasteiger partial charge in [-0.15, -0.1) is 0 Å². The van der Waals surface area contributed by atoms with E-state index in [1.54, 1.807) is 6.92 Å². The first-order chi connectivity index (χ1) is 13.0. The largest absolute Gasteiger partial charge is 0.366 e. The number of carbonyl (C=O) groups is 1. The van der Waals surface area contributed by atoms with Crippen LogP contribution in [0.25, 0.3) is 0 Å². The van der Waals surface area contributed by atoms with Gasteiger partial charge in [0.15, 0.2) is 5.78 Å². The topological polar surface area (TPSA) is 26.3 Å². The van der Waals surface area contributed by atoms with E-state index < -0.39 is 0 Å². The number of hydrogen-bond acceptors (Lipinski definition) is 2. The van der Waals surface area contributed by atoms with Crippen molar-refractivity contribution in [2.45, 2.75) is 65.9 Å². The Balaban J connectivity index is 2.76. The molecule has 0 aliphatic carbocycles. The zero-order chi connectivity index (χ0) is 21.5. The maximum Gasteiger partial charge on any atom is 0.156 e. The first-order valence-electron chi connectivity index (χ1n) is 9.93. The van der Waals surface area contributed by atoms with Crippen LogP contribution in [0, 0.1) is 5.92 Å². The van der Waals surface area contributed by atoms with Gasteiger partial charge in [-0.2, -0.15) is 0 Å². The van der Waals surface area contributed by atoms with Crippen LogP contribution in [0.2, 0.25) is 0 Å². The van der Waals surface area contributed by atoms with Gasteiger partial charge in [-0.05, 0) is 80.7 Å². The van der Waals surface area contributed by atoms with E-state index in [0.717, 1.165) is 42.4 Å². The summed E-state index contributed by atoms with van der Waals surface area (Å²) < 4.78 is 6.06. The molecule has 1 saturated heterocycles. The van der Waals surface area contributed by atoms with Crippen molar-refractivity contribution in [2.75, 3.05) is 6.61 Å². The van der Waals surface area contributed by atoms with Crippen LogP contribution in [-0.2, 0) is 9.53 Å². The highest BCUT2D eigenvalue weighted by Gasteiger charge is 2.36. The van der Waals surface area contributed by atoms with Gasteiger partial charge in [-0.3, -0.25) is 4.79 Å². The van der Waals surface area contributed by atoms with E-state index in [9.17, 15) is 4.79 Å². The molecule has 2 unspecified atom stereocenters. The quantitative estimate of drug-likeness (QED) is 0.284. The number of rotatable bonds is 10. The van der Waals surface area contributed by atoms with Gasteiger partial charge in [0.1, 0.15) is 0 Å². The summed E-state index contributed by atoms with van der Waals surface area (Å²) in [6.07, 6.45) is 9.86. The Morgan fingerprint density at radius 1 is 1.36 bits per heavy atom. The van der Waals surface area contributed by atoms with Crippen molar-refractivity contribution in [3.05, 3.63) is 70.9 Å². The Morgan fingerprint density at radius 2 is 2.00 bits per heavy atom. The summed E-state index contributed by atoms with van der Waals surface area (Å²) in [6, 6.07) is 0. The van der Waals surface area contributed by atoms with Crippen molar-refractivity contribution in [2.24, 2.45) is 5.92 Å². The molecule has 0 aromatic heterocycles. The molecular formula is C25H35ClO2. The maximum atomic E-state index is 12.1. The third-order valence-electron chi connectivity index (χ3n) is 5.53. The van der Waals surface area contributed by atoms with E-state index >= 15 is 0 Å². The zero-order valence-electron chi connectivity index (χ0n) is 18.2. The zero-order valence-corrected chi connectivity index (χ0v) is 18.9. The average molecular weight is 403 g/mol. The molecule has 28 heavy (non-hydrogen) atoms. The molecule has 1 heterocycles. The Bertz CT molecular complexity index is 736. The molecule has 1 rings (SSSR count). The van der Waals surface area contributed by atoms with Crippen LogP contribution in [0.3, 0.4) is 0 Å². The van der Waals surface area contributed by atoms with E-state index in [1.807, 2.05) is 26.0 Å².